The fourth-order valence-electron chi connectivity index (χ4n) is 2.69. The normalized spacial score (nSPS) is 12.5. The SMILES string of the molecule is CCCNc1ccc(S(=O)(=O)CC)c(-c2ccn3nc(C(F)(F)F)cc3c2)n1. The molecule has 0 fully saturated rings. The van der Waals surface area contributed by atoms with Crippen LogP contribution in [-0.4, -0.2) is 35.3 Å². The highest BCUT2D eigenvalue weighted by molar-refractivity contribution is 7.91. The van der Waals surface area contributed by atoms with E-state index < -0.39 is 21.7 Å². The Labute approximate surface area is 160 Å². The van der Waals surface area contributed by atoms with Crippen LogP contribution in [0.3, 0.4) is 0 Å². The third-order valence-electron chi connectivity index (χ3n) is 4.16. The highest BCUT2D eigenvalue weighted by Crippen LogP contribution is 2.32. The van der Waals surface area contributed by atoms with E-state index in [1.807, 2.05) is 6.92 Å². The molecule has 0 atom stereocenters. The van der Waals surface area contributed by atoms with Crippen LogP contribution in [0.25, 0.3) is 16.8 Å². The van der Waals surface area contributed by atoms with Crippen molar-refractivity contribution in [2.24, 2.45) is 0 Å². The minimum absolute atomic E-state index is 0.0389. The second-order valence-electron chi connectivity index (χ2n) is 6.19. The first kappa shape index (κ1) is 20.1. The van der Waals surface area contributed by atoms with E-state index in [1.165, 1.54) is 31.3 Å². The summed E-state index contributed by atoms with van der Waals surface area (Å²) in [6, 6.07) is 6.92. The van der Waals surface area contributed by atoms with E-state index in [-0.39, 0.29) is 21.9 Å². The average Bonchev–Trinajstić information content (AvgIpc) is 3.10. The van der Waals surface area contributed by atoms with Crippen LogP contribution < -0.4 is 5.32 Å². The topological polar surface area (TPSA) is 76.4 Å². The molecule has 150 valence electrons. The number of rotatable bonds is 6. The monoisotopic (exact) mass is 412 g/mol. The molecule has 6 nitrogen and oxygen atoms in total. The highest BCUT2D eigenvalue weighted by Gasteiger charge is 2.34. The van der Waals surface area contributed by atoms with Crippen molar-refractivity contribution in [2.75, 3.05) is 17.6 Å². The smallest absolute Gasteiger partial charge is 0.370 e. The minimum atomic E-state index is -4.56. The molecule has 0 aliphatic heterocycles. The number of alkyl halides is 3. The Kier molecular flexibility index (Phi) is 5.33. The molecule has 0 saturated heterocycles. The average molecular weight is 412 g/mol. The summed E-state index contributed by atoms with van der Waals surface area (Å²) in [5.74, 6) is 0.382. The summed E-state index contributed by atoms with van der Waals surface area (Å²) in [6.45, 7) is 4.16. The Morgan fingerprint density at radius 3 is 2.54 bits per heavy atom. The first-order valence-corrected chi connectivity index (χ1v) is 10.4. The largest absolute Gasteiger partial charge is 0.435 e. The Bertz CT molecular complexity index is 1110. The fourth-order valence-corrected chi connectivity index (χ4v) is 3.74. The predicted molar refractivity (Wildman–Crippen MR) is 99.9 cm³/mol. The number of nitrogens with zero attached hydrogens (tertiary/aromatic N) is 3. The van der Waals surface area contributed by atoms with Crippen LogP contribution in [0.5, 0.6) is 0 Å². The molecule has 10 heteroatoms. The van der Waals surface area contributed by atoms with E-state index in [1.54, 1.807) is 6.07 Å². The Morgan fingerprint density at radius 1 is 1.14 bits per heavy atom. The van der Waals surface area contributed by atoms with Gasteiger partial charge in [0.2, 0.25) is 0 Å². The molecule has 0 spiro atoms. The summed E-state index contributed by atoms with van der Waals surface area (Å²) in [5.41, 5.74) is -0.232. The standard InChI is InChI=1S/C18H19F3N4O2S/c1-3-8-22-16-6-5-14(28(26,27)4-2)17(23-16)12-7-9-25-13(10-12)11-15(24-25)18(19,20)21/h5-7,9-11H,3-4,8H2,1-2H3,(H,22,23). The van der Waals surface area contributed by atoms with Gasteiger partial charge >= 0.3 is 6.18 Å². The Hall–Kier alpha value is -2.62. The number of hydrogen-bond acceptors (Lipinski definition) is 5. The van der Waals surface area contributed by atoms with E-state index in [0.717, 1.165) is 17.0 Å². The van der Waals surface area contributed by atoms with Crippen molar-refractivity contribution in [3.8, 4) is 11.3 Å². The zero-order valence-corrected chi connectivity index (χ0v) is 16.1. The Morgan fingerprint density at radius 2 is 1.89 bits per heavy atom. The van der Waals surface area contributed by atoms with Crippen LogP contribution in [0.15, 0.2) is 41.4 Å². The van der Waals surface area contributed by atoms with Gasteiger partial charge in [0.05, 0.1) is 21.9 Å². The third-order valence-corrected chi connectivity index (χ3v) is 5.92. The lowest BCUT2D eigenvalue weighted by Gasteiger charge is -2.12. The van der Waals surface area contributed by atoms with Gasteiger partial charge in [-0.1, -0.05) is 13.8 Å². The van der Waals surface area contributed by atoms with Crippen LogP contribution in [0.2, 0.25) is 0 Å². The molecule has 3 aromatic rings. The van der Waals surface area contributed by atoms with Gasteiger partial charge in [0.15, 0.2) is 15.5 Å². The van der Waals surface area contributed by atoms with E-state index in [4.69, 9.17) is 0 Å². The van der Waals surface area contributed by atoms with E-state index in [2.05, 4.69) is 15.4 Å². The first-order valence-electron chi connectivity index (χ1n) is 8.70. The minimum Gasteiger partial charge on any atom is -0.370 e. The number of sulfone groups is 1. The quantitative estimate of drug-likeness (QED) is 0.662. The van der Waals surface area contributed by atoms with Gasteiger partial charge in [0, 0.05) is 18.3 Å². The van der Waals surface area contributed by atoms with Crippen molar-refractivity contribution >= 4 is 21.2 Å². The third kappa shape index (κ3) is 3.96. The number of anilines is 1. The van der Waals surface area contributed by atoms with Crippen molar-refractivity contribution < 1.29 is 21.6 Å². The molecule has 28 heavy (non-hydrogen) atoms. The van der Waals surface area contributed by atoms with Gasteiger partial charge in [-0.2, -0.15) is 18.3 Å². The first-order chi connectivity index (χ1) is 13.2. The molecule has 0 radical (unpaired) electrons. The van der Waals surface area contributed by atoms with Gasteiger partial charge in [-0.25, -0.2) is 17.9 Å². The second-order valence-corrected chi connectivity index (χ2v) is 8.43. The number of aromatic nitrogens is 3. The molecule has 0 aliphatic carbocycles. The van der Waals surface area contributed by atoms with Crippen molar-refractivity contribution in [1.29, 1.82) is 0 Å². The summed E-state index contributed by atoms with van der Waals surface area (Å²) in [4.78, 5) is 4.45. The highest BCUT2D eigenvalue weighted by atomic mass is 32.2. The lowest BCUT2D eigenvalue weighted by atomic mass is 10.1. The lowest BCUT2D eigenvalue weighted by molar-refractivity contribution is -0.141. The molecule has 3 rings (SSSR count). The van der Waals surface area contributed by atoms with Crippen LogP contribution in [0, 0.1) is 0 Å². The number of pyridine rings is 2. The summed E-state index contributed by atoms with van der Waals surface area (Å²) < 4.78 is 64.8. The summed E-state index contributed by atoms with van der Waals surface area (Å²) in [7, 11) is -3.58. The fraction of sp³-hybridized carbons (Fsp3) is 0.333. The van der Waals surface area contributed by atoms with Crippen LogP contribution in [0.1, 0.15) is 26.0 Å². The molecule has 0 bridgehead atoms. The van der Waals surface area contributed by atoms with Gasteiger partial charge in [-0.15, -0.1) is 0 Å². The maximum absolute atomic E-state index is 12.9. The van der Waals surface area contributed by atoms with Gasteiger partial charge in [0.25, 0.3) is 0 Å². The van der Waals surface area contributed by atoms with E-state index >= 15 is 0 Å². The zero-order valence-electron chi connectivity index (χ0n) is 15.3. The predicted octanol–water partition coefficient (Wildman–Crippen LogP) is 4.03. The maximum atomic E-state index is 12.9. The molecule has 0 aliphatic rings. The molecular formula is C18H19F3N4O2S. The van der Waals surface area contributed by atoms with Gasteiger partial charge in [-0.3, -0.25) is 0 Å². The van der Waals surface area contributed by atoms with Crippen molar-refractivity contribution in [3.63, 3.8) is 0 Å². The number of fused-ring (bicyclic) bond motifs is 1. The molecule has 1 N–H and O–H groups in total. The van der Waals surface area contributed by atoms with Crippen LogP contribution >= 0.6 is 0 Å². The number of nitrogens with one attached hydrogen (secondary N) is 1. The molecule has 0 aromatic carbocycles. The molecule has 3 heterocycles. The van der Waals surface area contributed by atoms with Gasteiger partial charge in [-0.05, 0) is 36.8 Å². The Balaban J connectivity index is 2.17. The van der Waals surface area contributed by atoms with Gasteiger partial charge < -0.3 is 5.32 Å². The van der Waals surface area contributed by atoms with Crippen molar-refractivity contribution in [1.82, 2.24) is 14.6 Å². The molecular weight excluding hydrogens is 393 g/mol. The summed E-state index contributed by atoms with van der Waals surface area (Å²) >= 11 is 0. The van der Waals surface area contributed by atoms with Crippen LogP contribution in [0.4, 0.5) is 19.0 Å². The number of halogens is 3. The summed E-state index contributed by atoms with van der Waals surface area (Å²) in [6.07, 6.45) is -2.35. The summed E-state index contributed by atoms with van der Waals surface area (Å²) in [5, 5.41) is 6.59. The number of hydrogen-bond donors (Lipinski definition) is 1. The van der Waals surface area contributed by atoms with Crippen LogP contribution in [-0.2, 0) is 16.0 Å². The van der Waals surface area contributed by atoms with E-state index in [9.17, 15) is 21.6 Å². The zero-order chi connectivity index (χ0) is 20.5. The lowest BCUT2D eigenvalue weighted by Crippen LogP contribution is -2.09. The maximum Gasteiger partial charge on any atom is 0.435 e. The van der Waals surface area contributed by atoms with Gasteiger partial charge in [0.1, 0.15) is 5.82 Å². The molecule has 0 saturated carbocycles. The molecule has 3 aromatic heterocycles. The van der Waals surface area contributed by atoms with E-state index in [0.29, 0.717) is 17.9 Å². The molecule has 0 unspecified atom stereocenters. The van der Waals surface area contributed by atoms with Crippen molar-refractivity contribution in [3.05, 3.63) is 42.2 Å². The second kappa shape index (κ2) is 7.42. The molecule has 0 amide bonds. The van der Waals surface area contributed by atoms with Crippen molar-refractivity contribution in [2.45, 2.75) is 31.3 Å².